The number of aromatic nitrogens is 2. The van der Waals surface area contributed by atoms with Crippen LogP contribution in [0.5, 0.6) is 0 Å². The van der Waals surface area contributed by atoms with E-state index in [0.29, 0.717) is 6.42 Å². The summed E-state index contributed by atoms with van der Waals surface area (Å²) in [5.74, 6) is 0.908. The van der Waals surface area contributed by atoms with Crippen LogP contribution in [0.25, 0.3) is 0 Å². The van der Waals surface area contributed by atoms with Gasteiger partial charge in [0.2, 0.25) is 0 Å². The molecular formula is C11H9BrClIN2. The Morgan fingerprint density at radius 2 is 2.31 bits per heavy atom. The molecule has 2 nitrogen and oxygen atoms in total. The van der Waals surface area contributed by atoms with Gasteiger partial charge in [0, 0.05) is 26.9 Å². The summed E-state index contributed by atoms with van der Waals surface area (Å²) in [4.78, 5) is 7.24. The van der Waals surface area contributed by atoms with E-state index >= 15 is 0 Å². The lowest BCUT2D eigenvalue weighted by Crippen LogP contribution is -1.99. The van der Waals surface area contributed by atoms with Gasteiger partial charge in [-0.3, -0.25) is 0 Å². The van der Waals surface area contributed by atoms with Crippen LogP contribution in [-0.2, 0) is 6.42 Å². The summed E-state index contributed by atoms with van der Waals surface area (Å²) >= 11 is 12.2. The van der Waals surface area contributed by atoms with Crippen molar-refractivity contribution >= 4 is 50.1 Å². The van der Waals surface area contributed by atoms with E-state index in [-0.39, 0.29) is 5.38 Å². The average molecular weight is 411 g/mol. The van der Waals surface area contributed by atoms with Gasteiger partial charge in [0.05, 0.1) is 5.38 Å². The van der Waals surface area contributed by atoms with E-state index in [4.69, 9.17) is 11.6 Å². The zero-order chi connectivity index (χ0) is 11.5. The molecule has 0 saturated carbocycles. The quantitative estimate of drug-likeness (QED) is 0.592. The predicted molar refractivity (Wildman–Crippen MR) is 77.7 cm³/mol. The average Bonchev–Trinajstić information content (AvgIpc) is 2.74. The van der Waals surface area contributed by atoms with Crippen molar-refractivity contribution in [3.63, 3.8) is 0 Å². The lowest BCUT2D eigenvalue weighted by atomic mass is 10.1. The number of halogens is 3. The first kappa shape index (κ1) is 12.4. The molecule has 1 aromatic carbocycles. The van der Waals surface area contributed by atoms with Gasteiger partial charge in [-0.2, -0.15) is 0 Å². The lowest BCUT2D eigenvalue weighted by Gasteiger charge is -2.11. The predicted octanol–water partition coefficient (Wildman–Crippen LogP) is 4.30. The van der Waals surface area contributed by atoms with Gasteiger partial charge < -0.3 is 4.98 Å². The van der Waals surface area contributed by atoms with Crippen molar-refractivity contribution in [1.82, 2.24) is 9.97 Å². The number of nitrogens with zero attached hydrogens (tertiary/aromatic N) is 1. The number of imidazole rings is 1. The Morgan fingerprint density at radius 3 is 3.00 bits per heavy atom. The van der Waals surface area contributed by atoms with Gasteiger partial charge in [0.15, 0.2) is 0 Å². The van der Waals surface area contributed by atoms with E-state index in [1.807, 2.05) is 18.3 Å². The highest BCUT2D eigenvalue weighted by Gasteiger charge is 2.13. The number of aromatic amines is 1. The van der Waals surface area contributed by atoms with Crippen molar-refractivity contribution in [3.8, 4) is 0 Å². The number of hydrogen-bond donors (Lipinski definition) is 1. The monoisotopic (exact) mass is 410 g/mol. The number of nitrogens with one attached hydrogen (secondary N) is 1. The molecule has 0 fully saturated rings. The van der Waals surface area contributed by atoms with Gasteiger partial charge in [-0.15, -0.1) is 11.6 Å². The Labute approximate surface area is 121 Å². The molecule has 0 amide bonds. The number of benzene rings is 1. The van der Waals surface area contributed by atoms with Gasteiger partial charge >= 0.3 is 0 Å². The van der Waals surface area contributed by atoms with Crippen LogP contribution in [0.4, 0.5) is 0 Å². The molecule has 1 atom stereocenters. The molecule has 1 heterocycles. The Bertz CT molecular complexity index is 473. The van der Waals surface area contributed by atoms with Crippen molar-refractivity contribution in [1.29, 1.82) is 0 Å². The maximum Gasteiger partial charge on any atom is 0.107 e. The standard InChI is InChI=1S/C11H9BrClIN2/c12-9-2-1-7(14)5-8(9)10(13)6-11-15-3-4-16-11/h1-5,10H,6H2,(H,15,16). The van der Waals surface area contributed by atoms with E-state index in [2.05, 4.69) is 54.6 Å². The summed E-state index contributed by atoms with van der Waals surface area (Å²) in [6.07, 6.45) is 4.25. The third kappa shape index (κ3) is 2.99. The van der Waals surface area contributed by atoms with E-state index in [1.165, 1.54) is 3.57 Å². The van der Waals surface area contributed by atoms with E-state index in [9.17, 15) is 0 Å². The van der Waals surface area contributed by atoms with Crippen molar-refractivity contribution in [2.75, 3.05) is 0 Å². The molecule has 0 saturated heterocycles. The van der Waals surface area contributed by atoms with Crippen LogP contribution in [0.15, 0.2) is 35.1 Å². The molecule has 1 N–H and O–H groups in total. The highest BCUT2D eigenvalue weighted by Crippen LogP contribution is 2.31. The molecule has 0 radical (unpaired) electrons. The molecule has 1 unspecified atom stereocenters. The summed E-state index contributed by atoms with van der Waals surface area (Å²) in [5.41, 5.74) is 1.10. The second kappa shape index (κ2) is 5.51. The maximum absolute atomic E-state index is 6.38. The van der Waals surface area contributed by atoms with Crippen LogP contribution in [0.2, 0.25) is 0 Å². The molecule has 2 aromatic rings. The van der Waals surface area contributed by atoms with Gasteiger partial charge in [0.25, 0.3) is 0 Å². The van der Waals surface area contributed by atoms with Crippen molar-refractivity contribution in [3.05, 3.63) is 50.0 Å². The molecule has 2 rings (SSSR count). The van der Waals surface area contributed by atoms with E-state index in [1.54, 1.807) is 6.20 Å². The van der Waals surface area contributed by atoms with E-state index in [0.717, 1.165) is 15.9 Å². The fraction of sp³-hybridized carbons (Fsp3) is 0.182. The third-order valence-corrected chi connectivity index (χ3v) is 4.01. The lowest BCUT2D eigenvalue weighted by molar-refractivity contribution is 0.851. The zero-order valence-electron chi connectivity index (χ0n) is 8.25. The number of H-pyrrole nitrogens is 1. The van der Waals surface area contributed by atoms with Crippen LogP contribution in [0.3, 0.4) is 0 Å². The summed E-state index contributed by atoms with van der Waals surface area (Å²) in [6, 6.07) is 6.16. The first-order valence-electron chi connectivity index (χ1n) is 4.74. The fourth-order valence-corrected chi connectivity index (χ4v) is 2.94. The first-order chi connectivity index (χ1) is 7.66. The van der Waals surface area contributed by atoms with Crippen molar-refractivity contribution < 1.29 is 0 Å². The highest BCUT2D eigenvalue weighted by molar-refractivity contribution is 14.1. The normalized spacial score (nSPS) is 12.7. The van der Waals surface area contributed by atoms with Crippen LogP contribution in [0.1, 0.15) is 16.8 Å². The zero-order valence-corrected chi connectivity index (χ0v) is 12.8. The summed E-state index contributed by atoms with van der Waals surface area (Å²) in [5, 5.41) is -0.0739. The largest absolute Gasteiger partial charge is 0.349 e. The molecule has 16 heavy (non-hydrogen) atoms. The molecule has 0 aliphatic heterocycles. The molecule has 84 valence electrons. The van der Waals surface area contributed by atoms with Crippen LogP contribution in [0, 0.1) is 3.57 Å². The number of alkyl halides is 1. The molecule has 0 aliphatic rings. The second-order valence-corrected chi connectivity index (χ2v) is 6.00. The topological polar surface area (TPSA) is 28.7 Å². The van der Waals surface area contributed by atoms with Gasteiger partial charge in [0.1, 0.15) is 5.82 Å². The number of hydrogen-bond acceptors (Lipinski definition) is 1. The van der Waals surface area contributed by atoms with Crippen molar-refractivity contribution in [2.45, 2.75) is 11.8 Å². The first-order valence-corrected chi connectivity index (χ1v) is 7.05. The molecular weight excluding hydrogens is 402 g/mol. The van der Waals surface area contributed by atoms with Crippen LogP contribution in [-0.4, -0.2) is 9.97 Å². The maximum atomic E-state index is 6.38. The minimum absolute atomic E-state index is 0.0739. The smallest absolute Gasteiger partial charge is 0.107 e. The van der Waals surface area contributed by atoms with Gasteiger partial charge in [-0.05, 0) is 46.4 Å². The van der Waals surface area contributed by atoms with E-state index < -0.39 is 0 Å². The second-order valence-electron chi connectivity index (χ2n) is 3.37. The molecule has 5 heteroatoms. The van der Waals surface area contributed by atoms with Gasteiger partial charge in [-0.1, -0.05) is 15.9 Å². The number of rotatable bonds is 3. The third-order valence-electron chi connectivity index (χ3n) is 2.22. The SMILES string of the molecule is ClC(Cc1ncc[nH]1)c1cc(I)ccc1Br. The molecule has 0 spiro atoms. The fourth-order valence-electron chi connectivity index (χ4n) is 1.44. The van der Waals surface area contributed by atoms with Crippen molar-refractivity contribution in [2.24, 2.45) is 0 Å². The Hall–Kier alpha value is -0.0700. The summed E-state index contributed by atoms with van der Waals surface area (Å²) < 4.78 is 2.22. The Balaban J connectivity index is 2.20. The molecule has 1 aromatic heterocycles. The summed E-state index contributed by atoms with van der Waals surface area (Å²) in [7, 11) is 0. The highest BCUT2D eigenvalue weighted by atomic mass is 127. The molecule has 0 bridgehead atoms. The minimum Gasteiger partial charge on any atom is -0.349 e. The molecule has 0 aliphatic carbocycles. The van der Waals surface area contributed by atoms with Gasteiger partial charge in [-0.25, -0.2) is 4.98 Å². The minimum atomic E-state index is -0.0739. The van der Waals surface area contributed by atoms with Crippen LogP contribution >= 0.6 is 50.1 Å². The summed E-state index contributed by atoms with van der Waals surface area (Å²) in [6.45, 7) is 0. The Morgan fingerprint density at radius 1 is 1.50 bits per heavy atom. The Kier molecular flexibility index (Phi) is 4.27. The van der Waals surface area contributed by atoms with Crippen LogP contribution < -0.4 is 0 Å².